The molecule has 0 fully saturated rings. The van der Waals surface area contributed by atoms with Crippen molar-refractivity contribution in [3.8, 4) is 0 Å². The fraction of sp³-hybridized carbons (Fsp3) is 0.286. The number of hydrogen-bond acceptors (Lipinski definition) is 3. The van der Waals surface area contributed by atoms with Crippen LogP contribution < -0.4 is 0 Å². The van der Waals surface area contributed by atoms with Gasteiger partial charge in [0.25, 0.3) is 9.24 Å². The first-order valence-electron chi connectivity index (χ1n) is 3.56. The van der Waals surface area contributed by atoms with Crippen molar-refractivity contribution in [1.82, 2.24) is 9.29 Å². The van der Waals surface area contributed by atoms with Crippen LogP contribution in [-0.2, 0) is 15.8 Å². The number of pyridine rings is 1. The second kappa shape index (κ2) is 4.04. The predicted octanol–water partition coefficient (Wildman–Crippen LogP) is 0.997. The van der Waals surface area contributed by atoms with Crippen LogP contribution in [-0.4, -0.2) is 24.8 Å². The van der Waals surface area contributed by atoms with E-state index in [1.54, 1.807) is 24.4 Å². The molecule has 0 unspecified atom stereocenters. The summed E-state index contributed by atoms with van der Waals surface area (Å²) in [6, 6.07) is 5.29. The van der Waals surface area contributed by atoms with Crippen molar-refractivity contribution < 1.29 is 8.42 Å². The number of rotatable bonds is 3. The van der Waals surface area contributed by atoms with Crippen molar-refractivity contribution in [2.24, 2.45) is 0 Å². The Kier molecular flexibility index (Phi) is 3.24. The Morgan fingerprint density at radius 1 is 1.54 bits per heavy atom. The molecular formula is C7H9ClN2O2S. The average Bonchev–Trinajstić information content (AvgIpc) is 2.04. The van der Waals surface area contributed by atoms with E-state index in [1.165, 1.54) is 7.05 Å². The topological polar surface area (TPSA) is 50.3 Å². The van der Waals surface area contributed by atoms with Crippen molar-refractivity contribution >= 4 is 19.9 Å². The SMILES string of the molecule is CN(Cc1ccccn1)S(=O)(=O)Cl. The molecule has 0 saturated heterocycles. The average molecular weight is 221 g/mol. The van der Waals surface area contributed by atoms with E-state index >= 15 is 0 Å². The van der Waals surface area contributed by atoms with Gasteiger partial charge in [0.15, 0.2) is 0 Å². The first-order chi connectivity index (χ1) is 6.00. The lowest BCUT2D eigenvalue weighted by Crippen LogP contribution is -2.21. The van der Waals surface area contributed by atoms with Gasteiger partial charge in [-0.3, -0.25) is 4.98 Å². The van der Waals surface area contributed by atoms with Crippen LogP contribution in [0.4, 0.5) is 0 Å². The summed E-state index contributed by atoms with van der Waals surface area (Å²) in [5.41, 5.74) is 0.661. The third-order valence-electron chi connectivity index (χ3n) is 1.48. The summed E-state index contributed by atoms with van der Waals surface area (Å²) in [4.78, 5) is 3.97. The number of hydrogen-bond donors (Lipinski definition) is 0. The van der Waals surface area contributed by atoms with E-state index in [4.69, 9.17) is 10.7 Å². The highest BCUT2D eigenvalue weighted by atomic mass is 35.7. The summed E-state index contributed by atoms with van der Waals surface area (Å²) >= 11 is 0. The minimum Gasteiger partial charge on any atom is -0.260 e. The molecule has 0 radical (unpaired) electrons. The van der Waals surface area contributed by atoms with Crippen molar-refractivity contribution in [3.05, 3.63) is 30.1 Å². The Labute approximate surface area is 81.7 Å². The summed E-state index contributed by atoms with van der Waals surface area (Å²) < 4.78 is 22.6. The number of halogens is 1. The summed E-state index contributed by atoms with van der Waals surface area (Å²) in [6.45, 7) is 0.187. The lowest BCUT2D eigenvalue weighted by atomic mass is 10.3. The van der Waals surface area contributed by atoms with Crippen LogP contribution in [0.3, 0.4) is 0 Å². The van der Waals surface area contributed by atoms with Gasteiger partial charge in [-0.2, -0.15) is 12.7 Å². The van der Waals surface area contributed by atoms with Gasteiger partial charge in [-0.05, 0) is 12.1 Å². The Hall–Kier alpha value is -0.650. The zero-order valence-electron chi connectivity index (χ0n) is 7.01. The van der Waals surface area contributed by atoms with Crippen LogP contribution in [0.1, 0.15) is 5.69 Å². The molecule has 0 atom stereocenters. The maximum Gasteiger partial charge on any atom is 0.299 e. The fourth-order valence-corrected chi connectivity index (χ4v) is 1.23. The monoisotopic (exact) mass is 220 g/mol. The van der Waals surface area contributed by atoms with Gasteiger partial charge in [0.05, 0.1) is 12.2 Å². The molecular weight excluding hydrogens is 212 g/mol. The van der Waals surface area contributed by atoms with Gasteiger partial charge in [0, 0.05) is 23.9 Å². The zero-order chi connectivity index (χ0) is 9.90. The molecule has 0 aliphatic carbocycles. The van der Waals surface area contributed by atoms with Crippen LogP contribution in [0, 0.1) is 0 Å². The Morgan fingerprint density at radius 2 is 2.23 bits per heavy atom. The first kappa shape index (κ1) is 10.4. The fourth-order valence-electron chi connectivity index (χ4n) is 0.797. The van der Waals surface area contributed by atoms with Gasteiger partial charge in [-0.25, -0.2) is 0 Å². The summed E-state index contributed by atoms with van der Waals surface area (Å²) in [6.07, 6.45) is 1.60. The van der Waals surface area contributed by atoms with Crippen molar-refractivity contribution in [1.29, 1.82) is 0 Å². The van der Waals surface area contributed by atoms with Gasteiger partial charge >= 0.3 is 0 Å². The maximum absolute atomic E-state index is 10.8. The smallest absolute Gasteiger partial charge is 0.260 e. The minimum absolute atomic E-state index is 0.187. The van der Waals surface area contributed by atoms with Gasteiger partial charge in [0.1, 0.15) is 0 Å². The molecule has 1 heterocycles. The van der Waals surface area contributed by atoms with E-state index < -0.39 is 9.24 Å². The molecule has 1 aromatic heterocycles. The lowest BCUT2D eigenvalue weighted by Gasteiger charge is -2.10. The normalized spacial score (nSPS) is 11.9. The van der Waals surface area contributed by atoms with E-state index in [1.807, 2.05) is 0 Å². The van der Waals surface area contributed by atoms with Gasteiger partial charge in [-0.1, -0.05) is 6.07 Å². The lowest BCUT2D eigenvalue weighted by molar-refractivity contribution is 0.475. The van der Waals surface area contributed by atoms with Crippen LogP contribution in [0.2, 0.25) is 0 Å². The van der Waals surface area contributed by atoms with E-state index in [9.17, 15) is 8.42 Å². The van der Waals surface area contributed by atoms with Crippen LogP contribution >= 0.6 is 10.7 Å². The summed E-state index contributed by atoms with van der Waals surface area (Å²) in [7, 11) is 2.87. The second-order valence-electron chi connectivity index (χ2n) is 2.52. The standard InChI is InChI=1S/C7H9ClN2O2S/c1-10(13(8,11)12)6-7-4-2-3-5-9-7/h2-5H,6H2,1H3. The molecule has 0 spiro atoms. The highest BCUT2D eigenvalue weighted by Gasteiger charge is 2.13. The molecule has 0 amide bonds. The molecule has 4 nitrogen and oxygen atoms in total. The second-order valence-corrected chi connectivity index (χ2v) is 5.14. The van der Waals surface area contributed by atoms with E-state index in [0.29, 0.717) is 5.69 Å². The molecule has 0 saturated carbocycles. The third kappa shape index (κ3) is 3.30. The maximum atomic E-state index is 10.8. The van der Waals surface area contributed by atoms with E-state index in [0.717, 1.165) is 4.31 Å². The predicted molar refractivity (Wildman–Crippen MR) is 50.5 cm³/mol. The molecule has 0 aliphatic heterocycles. The molecule has 1 rings (SSSR count). The highest BCUT2D eigenvalue weighted by molar-refractivity contribution is 8.11. The van der Waals surface area contributed by atoms with Gasteiger partial charge in [-0.15, -0.1) is 0 Å². The molecule has 0 N–H and O–H groups in total. The molecule has 6 heteroatoms. The van der Waals surface area contributed by atoms with Crippen molar-refractivity contribution in [2.45, 2.75) is 6.54 Å². The Morgan fingerprint density at radius 3 is 2.69 bits per heavy atom. The van der Waals surface area contributed by atoms with Crippen LogP contribution in [0.5, 0.6) is 0 Å². The first-order valence-corrected chi connectivity index (χ1v) is 5.82. The number of aromatic nitrogens is 1. The molecule has 0 aromatic carbocycles. The zero-order valence-corrected chi connectivity index (χ0v) is 8.59. The third-order valence-corrected chi connectivity index (χ3v) is 3.06. The quantitative estimate of drug-likeness (QED) is 0.714. The molecule has 0 aliphatic rings. The molecule has 0 bridgehead atoms. The summed E-state index contributed by atoms with van der Waals surface area (Å²) in [5.74, 6) is 0. The van der Waals surface area contributed by atoms with Crippen molar-refractivity contribution in [2.75, 3.05) is 7.05 Å². The minimum atomic E-state index is -3.64. The Balaban J connectivity index is 2.72. The van der Waals surface area contributed by atoms with Gasteiger partial charge in [0.2, 0.25) is 0 Å². The van der Waals surface area contributed by atoms with Crippen LogP contribution in [0.15, 0.2) is 24.4 Å². The van der Waals surface area contributed by atoms with Crippen molar-refractivity contribution in [3.63, 3.8) is 0 Å². The van der Waals surface area contributed by atoms with E-state index in [2.05, 4.69) is 4.98 Å². The summed E-state index contributed by atoms with van der Waals surface area (Å²) in [5, 5.41) is 0. The molecule has 13 heavy (non-hydrogen) atoms. The number of nitrogens with zero attached hydrogens (tertiary/aromatic N) is 2. The molecule has 72 valence electrons. The van der Waals surface area contributed by atoms with Crippen LogP contribution in [0.25, 0.3) is 0 Å². The largest absolute Gasteiger partial charge is 0.299 e. The van der Waals surface area contributed by atoms with E-state index in [-0.39, 0.29) is 6.54 Å². The Bertz CT molecular complexity index is 365. The van der Waals surface area contributed by atoms with Gasteiger partial charge < -0.3 is 0 Å². The highest BCUT2D eigenvalue weighted by Crippen LogP contribution is 2.07. The molecule has 1 aromatic rings.